The van der Waals surface area contributed by atoms with E-state index < -0.39 is 22.8 Å². The molecule has 0 saturated carbocycles. The number of rotatable bonds is 6. The Balaban J connectivity index is 1.98. The fraction of sp³-hybridized carbons (Fsp3) is 0.0952. The van der Waals surface area contributed by atoms with E-state index in [1.165, 1.54) is 62.8 Å². The topological polar surface area (TPSA) is 128 Å². The summed E-state index contributed by atoms with van der Waals surface area (Å²) in [7, 11) is 2.79. The van der Waals surface area contributed by atoms with E-state index in [-0.39, 0.29) is 28.3 Å². The maximum absolute atomic E-state index is 13.0. The number of para-hydroxylation sites is 1. The number of methoxy groups -OCH3 is 2. The van der Waals surface area contributed by atoms with Crippen LogP contribution < -0.4 is 19.7 Å². The minimum Gasteiger partial charge on any atom is -0.497 e. The maximum atomic E-state index is 13.0. The molecule has 0 radical (unpaired) electrons. The highest BCUT2D eigenvalue weighted by Crippen LogP contribution is 2.34. The zero-order valence-electron chi connectivity index (χ0n) is 16.5. The van der Waals surface area contributed by atoms with Crippen LogP contribution in [0.25, 0.3) is 6.08 Å². The predicted octanol–water partition coefficient (Wildman–Crippen LogP) is 2.83. The van der Waals surface area contributed by atoms with Gasteiger partial charge in [0.1, 0.15) is 17.1 Å². The first-order valence-corrected chi connectivity index (χ1v) is 8.91. The van der Waals surface area contributed by atoms with Crippen LogP contribution in [-0.2, 0) is 9.59 Å². The summed E-state index contributed by atoms with van der Waals surface area (Å²) in [6.45, 7) is 0. The van der Waals surface area contributed by atoms with Gasteiger partial charge in [-0.05, 0) is 30.4 Å². The second kappa shape index (κ2) is 8.91. The number of hydrogen-bond donors (Lipinski definition) is 1. The van der Waals surface area contributed by atoms with Gasteiger partial charge in [0.15, 0.2) is 0 Å². The summed E-state index contributed by atoms with van der Waals surface area (Å²) in [5.41, 5.74) is -0.0883. The minimum absolute atomic E-state index is 0.0884. The first kappa shape index (κ1) is 21.2. The largest absolute Gasteiger partial charge is 0.497 e. The summed E-state index contributed by atoms with van der Waals surface area (Å²) in [6, 6.07) is 9.58. The summed E-state index contributed by atoms with van der Waals surface area (Å²) in [4.78, 5) is 48.9. The van der Waals surface area contributed by atoms with Gasteiger partial charge in [-0.3, -0.25) is 25.0 Å². The zero-order valence-corrected chi connectivity index (χ0v) is 16.5. The van der Waals surface area contributed by atoms with E-state index in [4.69, 9.17) is 9.47 Å². The molecule has 0 spiro atoms. The highest BCUT2D eigenvalue weighted by atomic mass is 16.6. The van der Waals surface area contributed by atoms with Crippen LogP contribution in [0.5, 0.6) is 11.5 Å². The lowest BCUT2D eigenvalue weighted by molar-refractivity contribution is -0.385. The lowest BCUT2D eigenvalue weighted by Gasteiger charge is -2.27. The Morgan fingerprint density at radius 1 is 1.06 bits per heavy atom. The van der Waals surface area contributed by atoms with Crippen molar-refractivity contribution in [1.29, 1.82) is 0 Å². The lowest BCUT2D eigenvalue weighted by Crippen LogP contribution is -2.54. The molecule has 31 heavy (non-hydrogen) atoms. The molecule has 1 N–H and O–H groups in total. The summed E-state index contributed by atoms with van der Waals surface area (Å²) in [6.07, 6.45) is 3.89. The SMILES string of the molecule is COc1ccc(OC)c(N2C(=O)NC(=O)/C(=C\C=C\c3ccccc3[N+](=O)[O-])C2=O)c1. The molecule has 1 fully saturated rings. The van der Waals surface area contributed by atoms with Crippen molar-refractivity contribution in [3.63, 3.8) is 0 Å². The molecule has 2 aromatic rings. The van der Waals surface area contributed by atoms with Crippen LogP contribution in [0, 0.1) is 10.1 Å². The van der Waals surface area contributed by atoms with Crippen molar-refractivity contribution in [3.05, 3.63) is 75.9 Å². The Labute approximate surface area is 176 Å². The van der Waals surface area contributed by atoms with Crippen LogP contribution in [0.4, 0.5) is 16.2 Å². The number of hydrogen-bond acceptors (Lipinski definition) is 7. The van der Waals surface area contributed by atoms with E-state index in [2.05, 4.69) is 5.32 Å². The van der Waals surface area contributed by atoms with Crippen molar-refractivity contribution in [1.82, 2.24) is 5.32 Å². The summed E-state index contributed by atoms with van der Waals surface area (Å²) in [5.74, 6) is -1.18. The molecule has 0 aromatic heterocycles. The Hall–Kier alpha value is -4.47. The Morgan fingerprint density at radius 2 is 1.81 bits per heavy atom. The van der Waals surface area contributed by atoms with E-state index in [9.17, 15) is 24.5 Å². The van der Waals surface area contributed by atoms with Gasteiger partial charge >= 0.3 is 6.03 Å². The van der Waals surface area contributed by atoms with Crippen molar-refractivity contribution in [2.75, 3.05) is 19.1 Å². The number of carbonyl (C=O) groups excluding carboxylic acids is 3. The van der Waals surface area contributed by atoms with Gasteiger partial charge in [0.2, 0.25) is 0 Å². The highest BCUT2D eigenvalue weighted by molar-refractivity contribution is 6.38. The van der Waals surface area contributed by atoms with E-state index in [1.54, 1.807) is 12.1 Å². The number of ether oxygens (including phenoxy) is 2. The number of nitro groups is 1. The number of amides is 4. The van der Waals surface area contributed by atoms with Crippen molar-refractivity contribution >= 4 is 35.3 Å². The second-order valence-corrected chi connectivity index (χ2v) is 6.19. The maximum Gasteiger partial charge on any atom is 0.336 e. The quantitative estimate of drug-likeness (QED) is 0.327. The third kappa shape index (κ3) is 4.27. The summed E-state index contributed by atoms with van der Waals surface area (Å²) >= 11 is 0. The monoisotopic (exact) mass is 423 g/mol. The molecule has 1 saturated heterocycles. The number of nitrogens with zero attached hydrogens (tertiary/aromatic N) is 2. The number of anilines is 1. The third-order valence-electron chi connectivity index (χ3n) is 4.40. The number of carbonyl (C=O) groups is 3. The first-order valence-electron chi connectivity index (χ1n) is 8.91. The molecule has 0 aliphatic carbocycles. The third-order valence-corrected chi connectivity index (χ3v) is 4.40. The lowest BCUT2D eigenvalue weighted by atomic mass is 10.1. The fourth-order valence-electron chi connectivity index (χ4n) is 2.91. The van der Waals surface area contributed by atoms with E-state index in [0.717, 1.165) is 4.90 Å². The normalized spacial score (nSPS) is 15.4. The van der Waals surface area contributed by atoms with Crippen LogP contribution in [0.15, 0.2) is 60.2 Å². The molecule has 3 rings (SSSR count). The standard InChI is InChI=1S/C21H17N3O7/c1-30-14-10-11-18(31-2)17(12-14)23-20(26)15(19(25)22-21(23)27)8-5-7-13-6-3-4-9-16(13)24(28)29/h3-12H,1-2H3,(H,22,25,27)/b7-5+,15-8+. The molecule has 4 amide bonds. The predicted molar refractivity (Wildman–Crippen MR) is 111 cm³/mol. The number of benzene rings is 2. The Bertz CT molecular complexity index is 1140. The number of imide groups is 2. The van der Waals surface area contributed by atoms with Crippen molar-refractivity contribution in [2.45, 2.75) is 0 Å². The molecule has 2 aromatic carbocycles. The molecule has 1 aliphatic rings. The van der Waals surface area contributed by atoms with Gasteiger partial charge in [-0.25, -0.2) is 9.69 Å². The van der Waals surface area contributed by atoms with Gasteiger partial charge < -0.3 is 9.47 Å². The van der Waals surface area contributed by atoms with Crippen LogP contribution in [-0.4, -0.2) is 37.0 Å². The summed E-state index contributed by atoms with van der Waals surface area (Å²) in [5, 5.41) is 13.2. The van der Waals surface area contributed by atoms with Crippen molar-refractivity contribution in [3.8, 4) is 11.5 Å². The molecule has 10 nitrogen and oxygen atoms in total. The van der Waals surface area contributed by atoms with Crippen molar-refractivity contribution in [2.24, 2.45) is 0 Å². The molecule has 0 unspecified atom stereocenters. The number of nitrogens with one attached hydrogen (secondary N) is 1. The highest BCUT2D eigenvalue weighted by Gasteiger charge is 2.38. The zero-order chi connectivity index (χ0) is 22.5. The van der Waals surface area contributed by atoms with Crippen LogP contribution >= 0.6 is 0 Å². The van der Waals surface area contributed by atoms with Gasteiger partial charge in [0.25, 0.3) is 17.5 Å². The summed E-state index contributed by atoms with van der Waals surface area (Å²) < 4.78 is 10.4. The molecular formula is C21H17N3O7. The number of allylic oxidation sites excluding steroid dienone is 2. The minimum atomic E-state index is -0.943. The first-order chi connectivity index (χ1) is 14.9. The average molecular weight is 423 g/mol. The van der Waals surface area contributed by atoms with Gasteiger partial charge in [0.05, 0.1) is 30.4 Å². The van der Waals surface area contributed by atoms with Crippen LogP contribution in [0.1, 0.15) is 5.56 Å². The smallest absolute Gasteiger partial charge is 0.336 e. The van der Waals surface area contributed by atoms with Gasteiger partial charge in [-0.1, -0.05) is 18.2 Å². The van der Waals surface area contributed by atoms with Gasteiger partial charge in [-0.2, -0.15) is 0 Å². The molecule has 158 valence electrons. The molecule has 1 heterocycles. The Morgan fingerprint density at radius 3 is 2.48 bits per heavy atom. The molecule has 1 aliphatic heterocycles. The number of nitro benzene ring substituents is 1. The molecule has 10 heteroatoms. The van der Waals surface area contributed by atoms with E-state index >= 15 is 0 Å². The fourth-order valence-corrected chi connectivity index (χ4v) is 2.91. The van der Waals surface area contributed by atoms with Crippen LogP contribution in [0.3, 0.4) is 0 Å². The second-order valence-electron chi connectivity index (χ2n) is 6.19. The number of barbiturate groups is 1. The molecular weight excluding hydrogens is 406 g/mol. The molecule has 0 bridgehead atoms. The van der Waals surface area contributed by atoms with Gasteiger partial charge in [0, 0.05) is 12.1 Å². The van der Waals surface area contributed by atoms with Crippen molar-refractivity contribution < 1.29 is 28.8 Å². The number of urea groups is 1. The van der Waals surface area contributed by atoms with E-state index in [0.29, 0.717) is 5.75 Å². The average Bonchev–Trinajstić information content (AvgIpc) is 2.75. The Kier molecular flexibility index (Phi) is 6.10. The van der Waals surface area contributed by atoms with E-state index in [1.807, 2.05) is 0 Å². The van der Waals surface area contributed by atoms with Crippen LogP contribution in [0.2, 0.25) is 0 Å². The van der Waals surface area contributed by atoms with Gasteiger partial charge in [-0.15, -0.1) is 0 Å². The molecule has 0 atom stereocenters.